The summed E-state index contributed by atoms with van der Waals surface area (Å²) in [5.41, 5.74) is -1.12. The van der Waals surface area contributed by atoms with Gasteiger partial charge in [-0.2, -0.15) is 9.78 Å². The molecule has 1 N–H and O–H groups in total. The minimum atomic E-state index is -3.03. The summed E-state index contributed by atoms with van der Waals surface area (Å²) in [6.45, 7) is 0. The van der Waals surface area contributed by atoms with Crippen molar-refractivity contribution in [3.8, 4) is 17.3 Å². The quantitative estimate of drug-likeness (QED) is 0.359. The lowest BCUT2D eigenvalue weighted by Crippen LogP contribution is -2.45. The van der Waals surface area contributed by atoms with Crippen LogP contribution in [0, 0.1) is 5.92 Å². The van der Waals surface area contributed by atoms with E-state index in [0.717, 1.165) is 36.8 Å². The molecule has 1 amide bonds. The van der Waals surface area contributed by atoms with E-state index in [0.29, 0.717) is 16.0 Å². The summed E-state index contributed by atoms with van der Waals surface area (Å²) < 4.78 is 35.8. The fourth-order valence-corrected chi connectivity index (χ4v) is 5.59. The Kier molecular flexibility index (Phi) is 6.21. The van der Waals surface area contributed by atoms with Crippen LogP contribution >= 0.6 is 34.8 Å². The van der Waals surface area contributed by atoms with Gasteiger partial charge in [0.15, 0.2) is 5.69 Å². The number of rotatable bonds is 6. The van der Waals surface area contributed by atoms with Crippen LogP contribution < -0.4 is 10.1 Å². The molecule has 3 aromatic rings. The molecule has 178 valence electrons. The minimum Gasteiger partial charge on any atom is -0.438 e. The van der Waals surface area contributed by atoms with Crippen LogP contribution in [0.25, 0.3) is 5.69 Å². The molecular formula is C24H20Cl3F2N3O2. The topological polar surface area (TPSA) is 56.2 Å². The second-order valence-electron chi connectivity index (χ2n) is 8.81. The van der Waals surface area contributed by atoms with Crippen molar-refractivity contribution in [1.82, 2.24) is 15.1 Å². The minimum absolute atomic E-state index is 0.164. The van der Waals surface area contributed by atoms with Gasteiger partial charge in [-0.1, -0.05) is 34.8 Å². The smallest absolute Gasteiger partial charge is 0.272 e. The summed E-state index contributed by atoms with van der Waals surface area (Å²) in [4.78, 5) is 13.3. The van der Waals surface area contributed by atoms with E-state index in [2.05, 4.69) is 10.4 Å². The Bertz CT molecular complexity index is 1240. The van der Waals surface area contributed by atoms with Crippen LogP contribution in [0.2, 0.25) is 15.1 Å². The molecule has 0 atom stereocenters. The Morgan fingerprint density at radius 2 is 1.76 bits per heavy atom. The molecule has 5 rings (SSSR count). The molecule has 2 bridgehead atoms. The highest BCUT2D eigenvalue weighted by molar-refractivity contribution is 6.35. The van der Waals surface area contributed by atoms with E-state index >= 15 is 0 Å². The SMILES string of the molecule is O=C(NC12CCC(CC1)C2)c1nn(-c2ccc(Cl)cc2Cl)c(Oc2ccc(Cl)cc2)c1C(F)F. The molecule has 5 nitrogen and oxygen atoms in total. The maximum Gasteiger partial charge on any atom is 0.272 e. The average molecular weight is 527 g/mol. The molecule has 34 heavy (non-hydrogen) atoms. The van der Waals surface area contributed by atoms with Gasteiger partial charge in [0.25, 0.3) is 12.3 Å². The Balaban J connectivity index is 1.61. The third-order valence-corrected chi connectivity index (χ3v) is 7.39. The molecule has 0 unspecified atom stereocenters. The maximum atomic E-state index is 14.4. The average Bonchev–Trinajstić information content (AvgIpc) is 3.48. The first-order chi connectivity index (χ1) is 16.2. The predicted octanol–water partition coefficient (Wildman–Crippen LogP) is 7.62. The molecular weight excluding hydrogens is 507 g/mol. The second-order valence-corrected chi connectivity index (χ2v) is 10.1. The normalized spacial score (nSPS) is 21.3. The highest BCUT2D eigenvalue weighted by atomic mass is 35.5. The lowest BCUT2D eigenvalue weighted by atomic mass is 9.93. The Hall–Kier alpha value is -2.35. The van der Waals surface area contributed by atoms with Crippen molar-refractivity contribution < 1.29 is 18.3 Å². The number of nitrogens with one attached hydrogen (secondary N) is 1. The van der Waals surface area contributed by atoms with Crippen LogP contribution in [0.4, 0.5) is 8.78 Å². The summed E-state index contributed by atoms with van der Waals surface area (Å²) in [6, 6.07) is 10.7. The van der Waals surface area contributed by atoms with Crippen molar-refractivity contribution in [2.24, 2.45) is 5.92 Å². The first kappa shape index (κ1) is 23.4. The zero-order valence-corrected chi connectivity index (χ0v) is 20.1. The number of benzene rings is 2. The van der Waals surface area contributed by atoms with Crippen LogP contribution in [0.15, 0.2) is 42.5 Å². The molecule has 2 saturated carbocycles. The lowest BCUT2D eigenvalue weighted by Gasteiger charge is -2.27. The maximum absolute atomic E-state index is 14.4. The van der Waals surface area contributed by atoms with Gasteiger partial charge in [0, 0.05) is 15.6 Å². The van der Waals surface area contributed by atoms with E-state index in [9.17, 15) is 13.6 Å². The van der Waals surface area contributed by atoms with Crippen LogP contribution in [0.1, 0.15) is 54.6 Å². The summed E-state index contributed by atoms with van der Waals surface area (Å²) in [5, 5.41) is 8.27. The molecule has 0 aliphatic heterocycles. The van der Waals surface area contributed by atoms with Gasteiger partial charge in [0.2, 0.25) is 5.88 Å². The third-order valence-electron chi connectivity index (χ3n) is 6.60. The number of fused-ring (bicyclic) bond motifs is 2. The van der Waals surface area contributed by atoms with Crippen molar-refractivity contribution >= 4 is 40.7 Å². The number of carbonyl (C=O) groups is 1. The van der Waals surface area contributed by atoms with E-state index in [-0.39, 0.29) is 27.9 Å². The molecule has 0 radical (unpaired) electrons. The summed E-state index contributed by atoms with van der Waals surface area (Å²) >= 11 is 18.3. The van der Waals surface area contributed by atoms with E-state index in [4.69, 9.17) is 39.5 Å². The Labute approximate surface area is 209 Å². The Morgan fingerprint density at radius 3 is 2.35 bits per heavy atom. The third kappa shape index (κ3) is 4.37. The number of halogens is 5. The van der Waals surface area contributed by atoms with Crippen molar-refractivity contribution in [3.63, 3.8) is 0 Å². The number of nitrogens with zero attached hydrogens (tertiary/aromatic N) is 2. The first-order valence-corrected chi connectivity index (χ1v) is 12.0. The molecule has 2 aliphatic rings. The molecule has 2 aliphatic carbocycles. The summed E-state index contributed by atoms with van der Waals surface area (Å²) in [6.07, 6.45) is 1.57. The van der Waals surface area contributed by atoms with Crippen molar-refractivity contribution in [2.45, 2.75) is 44.1 Å². The molecule has 1 heterocycles. The number of hydrogen-bond donors (Lipinski definition) is 1. The van der Waals surface area contributed by atoms with Gasteiger partial charge in [0.05, 0.1) is 10.7 Å². The van der Waals surface area contributed by atoms with E-state index in [1.54, 1.807) is 18.2 Å². The summed E-state index contributed by atoms with van der Waals surface area (Å²) in [7, 11) is 0. The number of aromatic nitrogens is 2. The molecule has 2 fully saturated rings. The molecule has 10 heteroatoms. The number of carbonyl (C=O) groups excluding carboxylic acids is 1. The largest absolute Gasteiger partial charge is 0.438 e. The monoisotopic (exact) mass is 525 g/mol. The van der Waals surface area contributed by atoms with Crippen molar-refractivity contribution in [1.29, 1.82) is 0 Å². The van der Waals surface area contributed by atoms with Gasteiger partial charge >= 0.3 is 0 Å². The fraction of sp³-hybridized carbons (Fsp3) is 0.333. The number of alkyl halides is 2. The Morgan fingerprint density at radius 1 is 1.09 bits per heavy atom. The van der Waals surface area contributed by atoms with Gasteiger partial charge in [0.1, 0.15) is 11.3 Å². The van der Waals surface area contributed by atoms with Gasteiger partial charge < -0.3 is 10.1 Å². The zero-order chi connectivity index (χ0) is 24.0. The van der Waals surface area contributed by atoms with Gasteiger partial charge in [-0.3, -0.25) is 4.79 Å². The molecule has 2 aromatic carbocycles. The highest BCUT2D eigenvalue weighted by Gasteiger charge is 2.46. The summed E-state index contributed by atoms with van der Waals surface area (Å²) in [5.74, 6) is -0.135. The van der Waals surface area contributed by atoms with E-state index in [1.165, 1.54) is 24.3 Å². The van der Waals surface area contributed by atoms with Crippen molar-refractivity contribution in [3.05, 3.63) is 68.8 Å². The van der Waals surface area contributed by atoms with E-state index < -0.39 is 23.6 Å². The number of hydrogen-bond acceptors (Lipinski definition) is 3. The molecule has 0 saturated heterocycles. The zero-order valence-electron chi connectivity index (χ0n) is 17.8. The van der Waals surface area contributed by atoms with E-state index in [1.807, 2.05) is 0 Å². The lowest BCUT2D eigenvalue weighted by molar-refractivity contribution is 0.0881. The molecule has 0 spiro atoms. The molecule has 1 aromatic heterocycles. The van der Waals surface area contributed by atoms with Gasteiger partial charge in [-0.05, 0) is 80.5 Å². The van der Waals surface area contributed by atoms with Crippen molar-refractivity contribution in [2.75, 3.05) is 0 Å². The van der Waals surface area contributed by atoms with Crippen LogP contribution in [0.5, 0.6) is 11.6 Å². The van der Waals surface area contributed by atoms with Crippen LogP contribution in [-0.4, -0.2) is 21.2 Å². The first-order valence-electron chi connectivity index (χ1n) is 10.9. The van der Waals surface area contributed by atoms with Crippen LogP contribution in [0.3, 0.4) is 0 Å². The fourth-order valence-electron chi connectivity index (χ4n) is 4.97. The van der Waals surface area contributed by atoms with Crippen LogP contribution in [-0.2, 0) is 0 Å². The number of ether oxygens (including phenoxy) is 1. The second kappa shape index (κ2) is 9.02. The van der Waals surface area contributed by atoms with Gasteiger partial charge in [-0.25, -0.2) is 8.78 Å². The van der Waals surface area contributed by atoms with Gasteiger partial charge in [-0.15, -0.1) is 0 Å². The predicted molar refractivity (Wildman–Crippen MR) is 127 cm³/mol. The standard InChI is InChI=1S/C24H20Cl3F2N3O2/c25-14-1-4-16(5-2-14)34-23-19(21(28)29)20(22(33)30-24-9-7-13(12-24)8-10-24)31-32(23)18-6-3-15(26)11-17(18)27/h1-6,11,13,21H,7-10,12H2,(H,30,33). The highest BCUT2D eigenvalue weighted by Crippen LogP contribution is 2.48. The number of amides is 1.